The molecule has 4 aliphatic carbocycles. The maximum atomic E-state index is 12.0. The molecule has 0 amide bonds. The molecule has 0 aromatic heterocycles. The molecule has 21 heavy (non-hydrogen) atoms. The van der Waals surface area contributed by atoms with Crippen molar-refractivity contribution in [3.63, 3.8) is 0 Å². The molecule has 5 rings (SSSR count). The van der Waals surface area contributed by atoms with E-state index in [0.717, 1.165) is 5.57 Å². The van der Waals surface area contributed by atoms with Crippen LogP contribution in [0.2, 0.25) is 0 Å². The Morgan fingerprint density at radius 1 is 1.10 bits per heavy atom. The van der Waals surface area contributed by atoms with Crippen molar-refractivity contribution in [3.8, 4) is 0 Å². The fourth-order valence-corrected chi connectivity index (χ4v) is 4.76. The second-order valence-corrected chi connectivity index (χ2v) is 6.37. The minimum atomic E-state index is -0.390. The summed E-state index contributed by atoms with van der Waals surface area (Å²) in [5.41, 5.74) is 2.31. The predicted molar refractivity (Wildman–Crippen MR) is 70.5 cm³/mol. The van der Waals surface area contributed by atoms with E-state index in [4.69, 9.17) is 9.47 Å². The standard InChI is InChI=1S/C16H16O5/c1-6-10(5-20-7(2)17)12-9-4-3-8(11(6)12)13-14(9)16(19)21-15(13)18/h3-4,8-9,11-14H,5H2,1-2H3/t8-,9-,11+,12+,13+,14+/m0/s1. The van der Waals surface area contributed by atoms with Gasteiger partial charge in [0.05, 0.1) is 11.8 Å². The molecule has 1 heterocycles. The van der Waals surface area contributed by atoms with Gasteiger partial charge in [-0.15, -0.1) is 0 Å². The first-order valence-corrected chi connectivity index (χ1v) is 7.27. The van der Waals surface area contributed by atoms with Crippen LogP contribution in [0.5, 0.6) is 0 Å². The second kappa shape index (κ2) is 4.06. The van der Waals surface area contributed by atoms with Crippen LogP contribution in [-0.4, -0.2) is 24.5 Å². The van der Waals surface area contributed by atoms with Gasteiger partial charge in [0.15, 0.2) is 0 Å². The number of rotatable bonds is 2. The Balaban J connectivity index is 1.68. The Morgan fingerprint density at radius 3 is 2.24 bits per heavy atom. The number of cyclic esters (lactones) is 2. The summed E-state index contributed by atoms with van der Waals surface area (Å²) in [5.74, 6) is -1.20. The first kappa shape index (κ1) is 12.8. The molecule has 1 saturated carbocycles. The zero-order chi connectivity index (χ0) is 14.9. The first-order chi connectivity index (χ1) is 10.0. The molecule has 0 N–H and O–H groups in total. The summed E-state index contributed by atoms with van der Waals surface area (Å²) in [6, 6.07) is 0. The van der Waals surface area contributed by atoms with Crippen molar-refractivity contribution in [2.75, 3.05) is 6.61 Å². The van der Waals surface area contributed by atoms with Gasteiger partial charge in [0.25, 0.3) is 0 Å². The van der Waals surface area contributed by atoms with Gasteiger partial charge in [-0.2, -0.15) is 0 Å². The summed E-state index contributed by atoms with van der Waals surface area (Å²) >= 11 is 0. The molecule has 5 aliphatic rings. The van der Waals surface area contributed by atoms with E-state index in [1.165, 1.54) is 12.5 Å². The van der Waals surface area contributed by atoms with Gasteiger partial charge in [0.2, 0.25) is 0 Å². The van der Waals surface area contributed by atoms with Crippen LogP contribution in [0.15, 0.2) is 23.3 Å². The molecule has 0 aromatic rings. The molecule has 2 bridgehead atoms. The SMILES string of the molecule is CC(=O)OCC1=C(C)[C@@H]2[C@@H]3C=C[C@H]([C@H]4C(=O)OC(=O)[C@H]34)[C@H]12. The smallest absolute Gasteiger partial charge is 0.318 e. The lowest BCUT2D eigenvalue weighted by Gasteiger charge is -2.56. The average molecular weight is 288 g/mol. The average Bonchev–Trinajstić information content (AvgIpc) is 2.75. The first-order valence-electron chi connectivity index (χ1n) is 7.27. The van der Waals surface area contributed by atoms with Crippen LogP contribution in [0.4, 0.5) is 0 Å². The molecule has 6 atom stereocenters. The summed E-state index contributed by atoms with van der Waals surface area (Å²) < 4.78 is 9.99. The van der Waals surface area contributed by atoms with Crippen molar-refractivity contribution in [2.24, 2.45) is 35.5 Å². The van der Waals surface area contributed by atoms with Crippen LogP contribution in [0.1, 0.15) is 13.8 Å². The van der Waals surface area contributed by atoms with E-state index >= 15 is 0 Å². The lowest BCUT2D eigenvalue weighted by Crippen LogP contribution is -2.55. The van der Waals surface area contributed by atoms with Crippen LogP contribution < -0.4 is 0 Å². The summed E-state index contributed by atoms with van der Waals surface area (Å²) in [6.07, 6.45) is 4.12. The molecule has 5 nitrogen and oxygen atoms in total. The fraction of sp³-hybridized carbons (Fsp3) is 0.562. The van der Waals surface area contributed by atoms with E-state index in [-0.39, 0.29) is 53.4 Å². The van der Waals surface area contributed by atoms with Crippen LogP contribution in [0.3, 0.4) is 0 Å². The van der Waals surface area contributed by atoms with Crippen LogP contribution in [0, 0.1) is 35.5 Å². The van der Waals surface area contributed by atoms with E-state index in [1.807, 2.05) is 13.0 Å². The monoisotopic (exact) mass is 288 g/mol. The van der Waals surface area contributed by atoms with Gasteiger partial charge >= 0.3 is 17.9 Å². The third-order valence-corrected chi connectivity index (χ3v) is 5.57. The molecule has 5 heteroatoms. The molecule has 2 fully saturated rings. The molecule has 1 saturated heterocycles. The molecular weight excluding hydrogens is 272 g/mol. The summed E-state index contributed by atoms with van der Waals surface area (Å²) in [7, 11) is 0. The zero-order valence-corrected chi connectivity index (χ0v) is 11.9. The number of ether oxygens (including phenoxy) is 2. The number of carbonyl (C=O) groups excluding carboxylic acids is 3. The molecule has 0 spiro atoms. The molecule has 110 valence electrons. The highest BCUT2D eigenvalue weighted by molar-refractivity contribution is 5.98. The Morgan fingerprint density at radius 2 is 1.67 bits per heavy atom. The third kappa shape index (κ3) is 1.49. The number of allylic oxidation sites excluding steroid dienone is 3. The minimum Gasteiger partial charge on any atom is -0.461 e. The molecule has 0 radical (unpaired) electrons. The molecule has 0 aromatic carbocycles. The second-order valence-electron chi connectivity index (χ2n) is 6.37. The summed E-state index contributed by atoms with van der Waals surface area (Å²) in [6.45, 7) is 3.72. The van der Waals surface area contributed by atoms with Gasteiger partial charge in [-0.1, -0.05) is 17.7 Å². The number of hydrogen-bond donors (Lipinski definition) is 0. The highest BCUT2D eigenvalue weighted by atomic mass is 16.6. The minimum absolute atomic E-state index is 0.00166. The van der Waals surface area contributed by atoms with Crippen molar-refractivity contribution in [1.82, 2.24) is 0 Å². The normalized spacial score (nSPS) is 42.4. The molecular formula is C16H16O5. The predicted octanol–water partition coefficient (Wildman–Crippen LogP) is 1.24. The van der Waals surface area contributed by atoms with Crippen molar-refractivity contribution in [1.29, 1.82) is 0 Å². The Hall–Kier alpha value is -1.91. The molecule has 0 unspecified atom stereocenters. The van der Waals surface area contributed by atoms with Gasteiger partial charge in [-0.25, -0.2) is 0 Å². The van der Waals surface area contributed by atoms with E-state index in [9.17, 15) is 14.4 Å². The highest BCUT2D eigenvalue weighted by Gasteiger charge is 2.65. The van der Waals surface area contributed by atoms with Crippen molar-refractivity contribution in [2.45, 2.75) is 13.8 Å². The van der Waals surface area contributed by atoms with Crippen molar-refractivity contribution in [3.05, 3.63) is 23.3 Å². The lowest BCUT2D eigenvalue weighted by atomic mass is 9.45. The zero-order valence-electron chi connectivity index (χ0n) is 11.9. The lowest BCUT2D eigenvalue weighted by molar-refractivity contribution is -0.154. The summed E-state index contributed by atoms with van der Waals surface area (Å²) in [4.78, 5) is 34.9. The summed E-state index contributed by atoms with van der Waals surface area (Å²) in [5, 5.41) is 0. The van der Waals surface area contributed by atoms with Crippen LogP contribution >= 0.6 is 0 Å². The highest BCUT2D eigenvalue weighted by Crippen LogP contribution is 2.63. The topological polar surface area (TPSA) is 69.7 Å². The Kier molecular flexibility index (Phi) is 2.47. The van der Waals surface area contributed by atoms with Gasteiger partial charge in [0.1, 0.15) is 6.61 Å². The van der Waals surface area contributed by atoms with E-state index in [1.54, 1.807) is 0 Å². The third-order valence-electron chi connectivity index (χ3n) is 5.57. The van der Waals surface area contributed by atoms with Gasteiger partial charge < -0.3 is 9.47 Å². The van der Waals surface area contributed by atoms with E-state index < -0.39 is 0 Å². The van der Waals surface area contributed by atoms with Crippen molar-refractivity contribution < 1.29 is 23.9 Å². The van der Waals surface area contributed by atoms with Crippen LogP contribution in [0.25, 0.3) is 0 Å². The number of carbonyl (C=O) groups is 3. The fourth-order valence-electron chi connectivity index (χ4n) is 4.76. The Labute approximate surface area is 122 Å². The van der Waals surface area contributed by atoms with Gasteiger partial charge in [-0.3, -0.25) is 14.4 Å². The van der Waals surface area contributed by atoms with Gasteiger partial charge in [0, 0.05) is 6.92 Å². The van der Waals surface area contributed by atoms with Crippen LogP contribution in [-0.2, 0) is 23.9 Å². The molecule has 1 aliphatic heterocycles. The van der Waals surface area contributed by atoms with Crippen molar-refractivity contribution >= 4 is 17.9 Å². The largest absolute Gasteiger partial charge is 0.461 e. The number of hydrogen-bond acceptors (Lipinski definition) is 5. The van der Waals surface area contributed by atoms with E-state index in [0.29, 0.717) is 6.61 Å². The van der Waals surface area contributed by atoms with E-state index in [2.05, 4.69) is 6.08 Å². The maximum absolute atomic E-state index is 12.0. The maximum Gasteiger partial charge on any atom is 0.318 e. The number of esters is 3. The van der Waals surface area contributed by atoms with Gasteiger partial charge in [-0.05, 0) is 36.2 Å². The Bertz CT molecular complexity index is 629. The quantitative estimate of drug-likeness (QED) is 0.434.